The summed E-state index contributed by atoms with van der Waals surface area (Å²) >= 11 is 0. The van der Waals surface area contributed by atoms with E-state index in [4.69, 9.17) is 5.11 Å². The molecule has 2 aromatic carbocycles. The van der Waals surface area contributed by atoms with Crippen LogP contribution in [0.2, 0.25) is 0 Å². The molecule has 0 radical (unpaired) electrons. The molecule has 0 aliphatic rings. The summed E-state index contributed by atoms with van der Waals surface area (Å²) in [5.74, 6) is 6.11. The van der Waals surface area contributed by atoms with Crippen molar-refractivity contribution in [1.29, 1.82) is 0 Å². The van der Waals surface area contributed by atoms with E-state index >= 15 is 0 Å². The van der Waals surface area contributed by atoms with Crippen LogP contribution >= 0.6 is 0 Å². The lowest BCUT2D eigenvalue weighted by molar-refractivity contribution is 0.245. The molecule has 4 nitrogen and oxygen atoms in total. The van der Waals surface area contributed by atoms with Crippen molar-refractivity contribution in [2.75, 3.05) is 18.5 Å². The minimum absolute atomic E-state index is 0.0944. The monoisotopic (exact) mass is 280 g/mol. The Balaban J connectivity index is 2.14. The van der Waals surface area contributed by atoms with E-state index in [1.165, 1.54) is 0 Å². The number of aliphatic hydroxyl groups is 1. The Labute approximate surface area is 123 Å². The smallest absolute Gasteiger partial charge is 0.319 e. The molecular weight excluding hydrogens is 264 g/mol. The highest BCUT2D eigenvalue weighted by molar-refractivity contribution is 5.90. The number of hydrogen-bond acceptors (Lipinski definition) is 2. The van der Waals surface area contributed by atoms with E-state index in [1.807, 2.05) is 48.5 Å². The molecule has 0 aromatic heterocycles. The maximum absolute atomic E-state index is 11.6. The molecule has 0 atom stereocenters. The molecule has 3 N–H and O–H groups in total. The first-order valence-electron chi connectivity index (χ1n) is 6.61. The van der Waals surface area contributed by atoms with Crippen molar-refractivity contribution in [2.24, 2.45) is 0 Å². The van der Waals surface area contributed by atoms with Gasteiger partial charge in [0.1, 0.15) is 0 Å². The Morgan fingerprint density at radius 2 is 1.71 bits per heavy atom. The summed E-state index contributed by atoms with van der Waals surface area (Å²) in [4.78, 5) is 11.6. The molecule has 0 fully saturated rings. The van der Waals surface area contributed by atoms with E-state index in [9.17, 15) is 4.79 Å². The highest BCUT2D eigenvalue weighted by atomic mass is 16.3. The number of carbonyl (C=O) groups excluding carboxylic acids is 1. The number of aliphatic hydroxyl groups excluding tert-OH is 1. The second-order valence-electron chi connectivity index (χ2n) is 4.27. The lowest BCUT2D eigenvalue weighted by atomic mass is 10.1. The van der Waals surface area contributed by atoms with Gasteiger partial charge in [-0.1, -0.05) is 42.2 Å². The maximum atomic E-state index is 11.6. The minimum Gasteiger partial charge on any atom is -0.395 e. The van der Waals surface area contributed by atoms with Crippen molar-refractivity contribution in [3.63, 3.8) is 0 Å². The predicted octanol–water partition coefficient (Wildman–Crippen LogP) is 2.20. The number of hydrogen-bond donors (Lipinski definition) is 3. The Hall–Kier alpha value is -2.77. The van der Waals surface area contributed by atoms with Gasteiger partial charge in [-0.2, -0.15) is 0 Å². The number of amides is 2. The summed E-state index contributed by atoms with van der Waals surface area (Å²) in [5.41, 5.74) is 2.29. The zero-order chi connectivity index (χ0) is 14.9. The Morgan fingerprint density at radius 3 is 2.48 bits per heavy atom. The van der Waals surface area contributed by atoms with Gasteiger partial charge in [-0.15, -0.1) is 0 Å². The van der Waals surface area contributed by atoms with Crippen LogP contribution in [0.5, 0.6) is 0 Å². The van der Waals surface area contributed by atoms with Gasteiger partial charge in [0.2, 0.25) is 0 Å². The largest absolute Gasteiger partial charge is 0.395 e. The third kappa shape index (κ3) is 4.68. The van der Waals surface area contributed by atoms with Crippen LogP contribution in [0.1, 0.15) is 11.1 Å². The van der Waals surface area contributed by atoms with E-state index < -0.39 is 0 Å². The first-order chi connectivity index (χ1) is 10.3. The lowest BCUT2D eigenvalue weighted by Crippen LogP contribution is -2.31. The Bertz CT molecular complexity index is 657. The van der Waals surface area contributed by atoms with E-state index in [0.29, 0.717) is 5.69 Å². The van der Waals surface area contributed by atoms with Gasteiger partial charge in [0.05, 0.1) is 12.3 Å². The van der Waals surface area contributed by atoms with Gasteiger partial charge < -0.3 is 15.7 Å². The van der Waals surface area contributed by atoms with Gasteiger partial charge in [-0.3, -0.25) is 0 Å². The normalized spacial score (nSPS) is 9.38. The average molecular weight is 280 g/mol. The number of nitrogens with one attached hydrogen (secondary N) is 2. The summed E-state index contributed by atoms with van der Waals surface area (Å²) in [5, 5.41) is 13.9. The molecule has 0 aliphatic heterocycles. The topological polar surface area (TPSA) is 61.4 Å². The second-order valence-corrected chi connectivity index (χ2v) is 4.27. The minimum atomic E-state index is -0.363. The fraction of sp³-hybridized carbons (Fsp3) is 0.118. The van der Waals surface area contributed by atoms with Gasteiger partial charge in [0.15, 0.2) is 0 Å². The van der Waals surface area contributed by atoms with Gasteiger partial charge in [0.25, 0.3) is 0 Å². The van der Waals surface area contributed by atoms with E-state index in [2.05, 4.69) is 22.5 Å². The average Bonchev–Trinajstić information content (AvgIpc) is 2.53. The van der Waals surface area contributed by atoms with E-state index in [-0.39, 0.29) is 19.2 Å². The number of carbonyl (C=O) groups is 1. The van der Waals surface area contributed by atoms with Crippen molar-refractivity contribution < 1.29 is 9.90 Å². The summed E-state index contributed by atoms with van der Waals surface area (Å²) in [6.07, 6.45) is 0. The molecule has 2 amide bonds. The molecule has 0 bridgehead atoms. The maximum Gasteiger partial charge on any atom is 0.319 e. The lowest BCUT2D eigenvalue weighted by Gasteiger charge is -2.08. The molecule has 0 unspecified atom stereocenters. The molecule has 0 heterocycles. The van der Waals surface area contributed by atoms with Gasteiger partial charge in [-0.05, 0) is 24.3 Å². The van der Waals surface area contributed by atoms with Gasteiger partial charge in [0, 0.05) is 17.7 Å². The third-order valence-electron chi connectivity index (χ3n) is 2.69. The highest BCUT2D eigenvalue weighted by Crippen LogP contribution is 2.13. The number of para-hydroxylation sites is 1. The van der Waals surface area contributed by atoms with Gasteiger partial charge in [-0.25, -0.2) is 4.79 Å². The molecule has 2 aromatic rings. The fourth-order valence-corrected chi connectivity index (χ4v) is 1.70. The van der Waals surface area contributed by atoms with Crippen LogP contribution in [-0.4, -0.2) is 24.3 Å². The van der Waals surface area contributed by atoms with Gasteiger partial charge >= 0.3 is 6.03 Å². The molecule has 0 saturated heterocycles. The quantitative estimate of drug-likeness (QED) is 0.755. The van der Waals surface area contributed by atoms with Crippen LogP contribution in [0.25, 0.3) is 0 Å². The summed E-state index contributed by atoms with van der Waals surface area (Å²) in [6.45, 7) is 0.118. The second kappa shape index (κ2) is 7.73. The SMILES string of the molecule is O=C(NCCO)Nc1ccccc1C#Cc1ccccc1. The number of anilines is 1. The molecule has 0 spiro atoms. The fourth-order valence-electron chi connectivity index (χ4n) is 1.70. The molecule has 4 heteroatoms. The molecule has 21 heavy (non-hydrogen) atoms. The zero-order valence-corrected chi connectivity index (χ0v) is 11.5. The summed E-state index contributed by atoms with van der Waals surface area (Å²) < 4.78 is 0. The van der Waals surface area contributed by atoms with Crippen LogP contribution in [0.3, 0.4) is 0 Å². The molecule has 106 valence electrons. The van der Waals surface area contributed by atoms with Crippen LogP contribution < -0.4 is 10.6 Å². The Morgan fingerprint density at radius 1 is 1.00 bits per heavy atom. The molecular formula is C17H16N2O2. The molecule has 2 rings (SSSR count). The van der Waals surface area contributed by atoms with Crippen molar-refractivity contribution >= 4 is 11.7 Å². The summed E-state index contributed by atoms with van der Waals surface area (Å²) in [7, 11) is 0. The number of rotatable bonds is 3. The molecule has 0 saturated carbocycles. The highest BCUT2D eigenvalue weighted by Gasteiger charge is 2.03. The van der Waals surface area contributed by atoms with Crippen molar-refractivity contribution in [3.8, 4) is 11.8 Å². The summed E-state index contributed by atoms with van der Waals surface area (Å²) in [6, 6.07) is 16.6. The molecule has 0 aliphatic carbocycles. The Kier molecular flexibility index (Phi) is 5.39. The zero-order valence-electron chi connectivity index (χ0n) is 11.5. The van der Waals surface area contributed by atoms with Crippen LogP contribution in [0.4, 0.5) is 10.5 Å². The van der Waals surface area contributed by atoms with Crippen molar-refractivity contribution in [2.45, 2.75) is 0 Å². The van der Waals surface area contributed by atoms with E-state index in [1.54, 1.807) is 6.07 Å². The van der Waals surface area contributed by atoms with Crippen LogP contribution in [0, 0.1) is 11.8 Å². The first kappa shape index (κ1) is 14.6. The third-order valence-corrected chi connectivity index (χ3v) is 2.69. The van der Waals surface area contributed by atoms with Crippen molar-refractivity contribution in [3.05, 3.63) is 65.7 Å². The number of benzene rings is 2. The predicted molar refractivity (Wildman–Crippen MR) is 83.0 cm³/mol. The number of urea groups is 1. The first-order valence-corrected chi connectivity index (χ1v) is 6.61. The standard InChI is InChI=1S/C17H16N2O2/c20-13-12-18-17(21)19-16-9-5-4-8-15(16)11-10-14-6-2-1-3-7-14/h1-9,20H,12-13H2,(H2,18,19,21). The van der Waals surface area contributed by atoms with E-state index in [0.717, 1.165) is 11.1 Å². The van der Waals surface area contributed by atoms with Crippen LogP contribution in [-0.2, 0) is 0 Å². The van der Waals surface area contributed by atoms with Crippen LogP contribution in [0.15, 0.2) is 54.6 Å². The van der Waals surface area contributed by atoms with Crippen molar-refractivity contribution in [1.82, 2.24) is 5.32 Å².